The van der Waals surface area contributed by atoms with Crippen LogP contribution in [0.25, 0.3) is 11.4 Å². The summed E-state index contributed by atoms with van der Waals surface area (Å²) >= 11 is 0. The normalized spacial score (nSPS) is 11.7. The number of rotatable bonds is 2. The average Bonchev–Trinajstić information content (AvgIpc) is 2.70. The molecule has 0 aliphatic carbocycles. The summed E-state index contributed by atoms with van der Waals surface area (Å²) in [7, 11) is 1.08. The molecule has 5 nitrogen and oxygen atoms in total. The lowest BCUT2D eigenvalue weighted by molar-refractivity contribution is 0.602. The molecule has 1 N–H and O–H groups in total. The number of benzene rings is 1. The first kappa shape index (κ1) is 12.0. The van der Waals surface area contributed by atoms with E-state index in [4.69, 9.17) is 10.7 Å². The second kappa shape index (κ2) is 4.08. The van der Waals surface area contributed by atoms with E-state index in [0.29, 0.717) is 0 Å². The van der Waals surface area contributed by atoms with E-state index in [1.807, 2.05) is 0 Å². The van der Waals surface area contributed by atoms with Crippen molar-refractivity contribution in [3.63, 3.8) is 0 Å². The Morgan fingerprint density at radius 2 is 2.12 bits per heavy atom. The average molecular weight is 276 g/mol. The summed E-state index contributed by atoms with van der Waals surface area (Å²) in [5.41, 5.74) is 0.925. The van der Waals surface area contributed by atoms with Crippen molar-refractivity contribution in [2.45, 2.75) is 12.1 Å². The first-order chi connectivity index (χ1) is 7.88. The van der Waals surface area contributed by atoms with Crippen molar-refractivity contribution in [1.82, 2.24) is 15.2 Å². The van der Waals surface area contributed by atoms with Crippen LogP contribution < -0.4 is 0 Å². The van der Waals surface area contributed by atoms with Crippen molar-refractivity contribution < 1.29 is 12.8 Å². The van der Waals surface area contributed by atoms with Crippen LogP contribution in [0.5, 0.6) is 0 Å². The minimum atomic E-state index is -3.99. The van der Waals surface area contributed by atoms with Gasteiger partial charge in [0, 0.05) is 10.7 Å². The van der Waals surface area contributed by atoms with Crippen molar-refractivity contribution >= 4 is 19.7 Å². The molecule has 2 aromatic rings. The fraction of sp³-hybridized carbons (Fsp3) is 0.111. The molecule has 0 spiro atoms. The monoisotopic (exact) mass is 275 g/mol. The number of hydrogen-bond donors (Lipinski definition) is 1. The zero-order valence-electron chi connectivity index (χ0n) is 8.61. The van der Waals surface area contributed by atoms with E-state index in [2.05, 4.69) is 15.2 Å². The Kier molecular flexibility index (Phi) is 2.88. The fourth-order valence-corrected chi connectivity index (χ4v) is 1.84. The number of nitrogens with zero attached hydrogens (tertiary/aromatic N) is 2. The molecule has 0 radical (unpaired) electrons. The zero-order chi connectivity index (χ0) is 12.6. The smallest absolute Gasteiger partial charge is 0.248 e. The molecule has 0 unspecified atom stereocenters. The molecule has 90 valence electrons. The van der Waals surface area contributed by atoms with Gasteiger partial charge < -0.3 is 0 Å². The second-order valence-electron chi connectivity index (χ2n) is 3.39. The Balaban J connectivity index is 2.55. The highest BCUT2D eigenvalue weighted by Crippen LogP contribution is 2.21. The van der Waals surface area contributed by atoms with Gasteiger partial charge in [-0.1, -0.05) is 11.6 Å². The quantitative estimate of drug-likeness (QED) is 0.849. The maximum Gasteiger partial charge on any atom is 0.296 e. The molecule has 0 atom stereocenters. The van der Waals surface area contributed by atoms with Crippen molar-refractivity contribution in [1.29, 1.82) is 0 Å². The SMILES string of the molecule is Cc1ccc(F)c(-c2n[nH]c(S(=O)(=O)Cl)n2)c1. The topological polar surface area (TPSA) is 75.7 Å². The van der Waals surface area contributed by atoms with Gasteiger partial charge in [-0.15, -0.1) is 0 Å². The van der Waals surface area contributed by atoms with Gasteiger partial charge in [-0.25, -0.2) is 17.9 Å². The van der Waals surface area contributed by atoms with Crippen molar-refractivity contribution in [3.05, 3.63) is 29.6 Å². The summed E-state index contributed by atoms with van der Waals surface area (Å²) in [4.78, 5) is 3.63. The summed E-state index contributed by atoms with van der Waals surface area (Å²) in [6.07, 6.45) is 0. The number of aryl methyl sites for hydroxylation is 1. The van der Waals surface area contributed by atoms with Gasteiger partial charge in [0.15, 0.2) is 5.82 Å². The van der Waals surface area contributed by atoms with Gasteiger partial charge in [-0.2, -0.15) is 10.1 Å². The van der Waals surface area contributed by atoms with E-state index in [0.717, 1.165) is 5.56 Å². The lowest BCUT2D eigenvalue weighted by atomic mass is 10.1. The third-order valence-electron chi connectivity index (χ3n) is 2.06. The zero-order valence-corrected chi connectivity index (χ0v) is 10.2. The van der Waals surface area contributed by atoms with Crippen LogP contribution in [0.2, 0.25) is 0 Å². The van der Waals surface area contributed by atoms with E-state index in [1.54, 1.807) is 13.0 Å². The van der Waals surface area contributed by atoms with Crippen LogP contribution in [0.3, 0.4) is 0 Å². The summed E-state index contributed by atoms with van der Waals surface area (Å²) in [5, 5.41) is 5.25. The lowest BCUT2D eigenvalue weighted by Crippen LogP contribution is -1.93. The van der Waals surface area contributed by atoms with Crippen molar-refractivity contribution in [2.24, 2.45) is 0 Å². The Labute approximate surface area is 101 Å². The lowest BCUT2D eigenvalue weighted by Gasteiger charge is -1.98. The minimum absolute atomic E-state index is 0.0505. The summed E-state index contributed by atoms with van der Waals surface area (Å²) in [6.45, 7) is 1.77. The van der Waals surface area contributed by atoms with Gasteiger partial charge in [0.25, 0.3) is 14.2 Å². The van der Waals surface area contributed by atoms with Gasteiger partial charge in [-0.3, -0.25) is 0 Å². The maximum absolute atomic E-state index is 13.5. The summed E-state index contributed by atoms with van der Waals surface area (Å²) in [6, 6.07) is 4.36. The van der Waals surface area contributed by atoms with Crippen LogP contribution >= 0.6 is 10.7 Å². The van der Waals surface area contributed by atoms with E-state index >= 15 is 0 Å². The van der Waals surface area contributed by atoms with Gasteiger partial charge in [0.05, 0.1) is 5.56 Å². The minimum Gasteiger partial charge on any atom is -0.248 e. The molecule has 1 aromatic carbocycles. The summed E-state index contributed by atoms with van der Waals surface area (Å²) in [5.74, 6) is -0.585. The van der Waals surface area contributed by atoms with E-state index in [1.165, 1.54) is 12.1 Å². The van der Waals surface area contributed by atoms with Crippen LogP contribution in [0.15, 0.2) is 23.4 Å². The Hall–Kier alpha value is -1.47. The molecule has 2 rings (SSSR count). The fourth-order valence-electron chi connectivity index (χ4n) is 1.29. The summed E-state index contributed by atoms with van der Waals surface area (Å²) < 4.78 is 35.4. The number of halogens is 2. The number of hydrogen-bond acceptors (Lipinski definition) is 4. The van der Waals surface area contributed by atoms with Crippen LogP contribution in [0, 0.1) is 12.7 Å². The third kappa shape index (κ3) is 2.45. The van der Waals surface area contributed by atoms with Crippen molar-refractivity contribution in [3.8, 4) is 11.4 Å². The maximum atomic E-state index is 13.5. The predicted octanol–water partition coefficient (Wildman–Crippen LogP) is 1.85. The molecule has 0 bridgehead atoms. The molecule has 1 heterocycles. The Bertz CT molecular complexity index is 669. The number of aromatic amines is 1. The number of H-pyrrole nitrogens is 1. The first-order valence-corrected chi connectivity index (χ1v) is 6.82. The Morgan fingerprint density at radius 3 is 2.71 bits per heavy atom. The molecule has 0 aliphatic heterocycles. The molecule has 1 aromatic heterocycles. The van der Waals surface area contributed by atoms with Gasteiger partial charge >= 0.3 is 0 Å². The highest BCUT2D eigenvalue weighted by molar-refractivity contribution is 8.13. The predicted molar refractivity (Wildman–Crippen MR) is 59.6 cm³/mol. The molecular weight excluding hydrogens is 269 g/mol. The van der Waals surface area contributed by atoms with Crippen LogP contribution in [-0.2, 0) is 9.05 Å². The molecule has 17 heavy (non-hydrogen) atoms. The molecule has 0 saturated carbocycles. The molecule has 8 heteroatoms. The molecule has 0 fully saturated rings. The molecular formula is C9H7ClFN3O2S. The van der Waals surface area contributed by atoms with Crippen molar-refractivity contribution in [2.75, 3.05) is 0 Å². The van der Waals surface area contributed by atoms with Crippen LogP contribution in [0.4, 0.5) is 4.39 Å². The van der Waals surface area contributed by atoms with Gasteiger partial charge in [0.2, 0.25) is 0 Å². The van der Waals surface area contributed by atoms with Gasteiger partial charge in [-0.05, 0) is 19.1 Å². The van der Waals surface area contributed by atoms with E-state index in [9.17, 15) is 12.8 Å². The van der Waals surface area contributed by atoms with E-state index in [-0.39, 0.29) is 11.4 Å². The molecule has 0 amide bonds. The van der Waals surface area contributed by atoms with Crippen LogP contribution in [0.1, 0.15) is 5.56 Å². The third-order valence-corrected chi connectivity index (χ3v) is 3.14. The Morgan fingerprint density at radius 1 is 1.41 bits per heavy atom. The molecule has 0 saturated heterocycles. The molecule has 0 aliphatic rings. The van der Waals surface area contributed by atoms with Crippen LogP contribution in [-0.4, -0.2) is 23.6 Å². The highest BCUT2D eigenvalue weighted by atomic mass is 35.7. The standard InChI is InChI=1S/C9H7ClFN3O2S/c1-5-2-3-7(11)6(4-5)8-12-9(14-13-8)17(10,15)16/h2-4H,1H3,(H,12,13,14). The largest absolute Gasteiger partial charge is 0.296 e. The second-order valence-corrected chi connectivity index (χ2v) is 5.87. The highest BCUT2D eigenvalue weighted by Gasteiger charge is 2.18. The number of aromatic nitrogens is 3. The first-order valence-electron chi connectivity index (χ1n) is 4.51. The van der Waals surface area contributed by atoms with E-state index < -0.39 is 20.0 Å². The number of nitrogens with one attached hydrogen (secondary N) is 1. The van der Waals surface area contributed by atoms with Gasteiger partial charge in [0.1, 0.15) is 5.82 Å².